The Labute approximate surface area is 179 Å². The van der Waals surface area contributed by atoms with Crippen molar-refractivity contribution in [1.82, 2.24) is 9.88 Å². The van der Waals surface area contributed by atoms with E-state index in [-0.39, 0.29) is 24.1 Å². The Morgan fingerprint density at radius 2 is 1.81 bits per heavy atom. The number of carbonyl (C=O) groups is 2. The quantitative estimate of drug-likeness (QED) is 0.655. The highest BCUT2D eigenvalue weighted by molar-refractivity contribution is 5.99. The van der Waals surface area contributed by atoms with Crippen molar-refractivity contribution >= 4 is 17.5 Å². The predicted octanol–water partition coefficient (Wildman–Crippen LogP) is 3.52. The van der Waals surface area contributed by atoms with Gasteiger partial charge in [-0.05, 0) is 38.1 Å². The lowest BCUT2D eigenvalue weighted by atomic mass is 10.2. The van der Waals surface area contributed by atoms with E-state index >= 15 is 0 Å². The Kier molecular flexibility index (Phi) is 5.88. The lowest BCUT2D eigenvalue weighted by Crippen LogP contribution is -2.38. The normalized spacial score (nSPS) is 12.3. The fraction of sp³-hybridized carbons (Fsp3) is 0.261. The fourth-order valence-electron chi connectivity index (χ4n) is 3.27. The van der Waals surface area contributed by atoms with Crippen molar-refractivity contribution in [2.45, 2.75) is 13.8 Å². The van der Waals surface area contributed by atoms with Crippen LogP contribution in [0.15, 0.2) is 52.9 Å². The van der Waals surface area contributed by atoms with Gasteiger partial charge >= 0.3 is 0 Å². The molecule has 8 heteroatoms. The standard InChI is InChI=1S/C23H23N3O5/c1-3-26(14-20(27)24-17-9-10-18-19(13-17)30-12-11-29-18)23(28)21-15(2)31-22(25-21)16-7-5-4-6-8-16/h4-10,13H,3,11-12,14H2,1-2H3,(H,24,27). The van der Waals surface area contributed by atoms with Gasteiger partial charge in [0.1, 0.15) is 25.5 Å². The maximum Gasteiger partial charge on any atom is 0.276 e. The summed E-state index contributed by atoms with van der Waals surface area (Å²) in [6.07, 6.45) is 0. The van der Waals surface area contributed by atoms with E-state index in [4.69, 9.17) is 13.9 Å². The summed E-state index contributed by atoms with van der Waals surface area (Å²) in [4.78, 5) is 31.4. The second kappa shape index (κ2) is 8.91. The van der Waals surface area contributed by atoms with Crippen LogP contribution in [0.1, 0.15) is 23.2 Å². The van der Waals surface area contributed by atoms with E-state index in [1.807, 2.05) is 37.3 Å². The number of likely N-dealkylation sites (N-methyl/N-ethyl adjacent to an activating group) is 1. The predicted molar refractivity (Wildman–Crippen MR) is 114 cm³/mol. The van der Waals surface area contributed by atoms with Crippen molar-refractivity contribution in [3.63, 3.8) is 0 Å². The zero-order valence-electron chi connectivity index (χ0n) is 17.4. The molecule has 0 spiro atoms. The van der Waals surface area contributed by atoms with Gasteiger partial charge in [0.15, 0.2) is 17.2 Å². The summed E-state index contributed by atoms with van der Waals surface area (Å²) < 4.78 is 16.7. The summed E-state index contributed by atoms with van der Waals surface area (Å²) in [7, 11) is 0. The van der Waals surface area contributed by atoms with Crippen molar-refractivity contribution in [2.24, 2.45) is 0 Å². The molecule has 2 aromatic carbocycles. The Hall–Kier alpha value is -3.81. The number of hydrogen-bond acceptors (Lipinski definition) is 6. The highest BCUT2D eigenvalue weighted by Crippen LogP contribution is 2.32. The average Bonchev–Trinajstić information content (AvgIpc) is 3.19. The van der Waals surface area contributed by atoms with Gasteiger partial charge in [0.2, 0.25) is 11.8 Å². The van der Waals surface area contributed by atoms with Crippen molar-refractivity contribution in [2.75, 3.05) is 31.6 Å². The first-order chi connectivity index (χ1) is 15.0. The number of nitrogens with zero attached hydrogens (tertiary/aromatic N) is 2. The molecule has 0 radical (unpaired) electrons. The van der Waals surface area contributed by atoms with Gasteiger partial charge in [0.25, 0.3) is 5.91 Å². The summed E-state index contributed by atoms with van der Waals surface area (Å²) in [5.41, 5.74) is 1.55. The van der Waals surface area contributed by atoms with Crippen molar-refractivity contribution in [1.29, 1.82) is 0 Å². The first-order valence-electron chi connectivity index (χ1n) is 10.1. The number of anilines is 1. The Balaban J connectivity index is 1.44. The number of aryl methyl sites for hydroxylation is 1. The second-order valence-electron chi connectivity index (χ2n) is 7.02. The van der Waals surface area contributed by atoms with E-state index < -0.39 is 0 Å². The number of carbonyl (C=O) groups excluding carboxylic acids is 2. The number of rotatable bonds is 6. The number of hydrogen-bond donors (Lipinski definition) is 1. The Morgan fingerprint density at radius 3 is 2.55 bits per heavy atom. The molecule has 8 nitrogen and oxygen atoms in total. The Bertz CT molecular complexity index is 1090. The molecule has 3 aromatic rings. The molecule has 1 aliphatic rings. The zero-order chi connectivity index (χ0) is 21.8. The van der Waals surface area contributed by atoms with Crippen LogP contribution in [-0.4, -0.2) is 48.0 Å². The van der Waals surface area contributed by atoms with Crippen LogP contribution in [0.3, 0.4) is 0 Å². The molecule has 0 saturated heterocycles. The number of nitrogens with one attached hydrogen (secondary N) is 1. The molecule has 0 fully saturated rings. The summed E-state index contributed by atoms with van der Waals surface area (Å²) in [6.45, 7) is 4.69. The number of benzene rings is 2. The molecule has 160 valence electrons. The number of fused-ring (bicyclic) bond motifs is 1. The van der Waals surface area contributed by atoms with E-state index in [9.17, 15) is 9.59 Å². The molecule has 0 aliphatic carbocycles. The van der Waals surface area contributed by atoms with E-state index in [1.165, 1.54) is 4.90 Å². The Morgan fingerprint density at radius 1 is 1.06 bits per heavy atom. The lowest BCUT2D eigenvalue weighted by molar-refractivity contribution is -0.116. The molecule has 1 aliphatic heterocycles. The smallest absolute Gasteiger partial charge is 0.276 e. The van der Waals surface area contributed by atoms with E-state index in [1.54, 1.807) is 25.1 Å². The lowest BCUT2D eigenvalue weighted by Gasteiger charge is -2.21. The minimum atomic E-state index is -0.358. The highest BCUT2D eigenvalue weighted by atomic mass is 16.6. The van der Waals surface area contributed by atoms with Crippen LogP contribution >= 0.6 is 0 Å². The zero-order valence-corrected chi connectivity index (χ0v) is 17.4. The second-order valence-corrected chi connectivity index (χ2v) is 7.02. The van der Waals surface area contributed by atoms with E-state index in [0.29, 0.717) is 48.6 Å². The molecule has 2 heterocycles. The summed E-state index contributed by atoms with van der Waals surface area (Å²) in [5, 5.41) is 2.80. The minimum absolute atomic E-state index is 0.114. The molecule has 31 heavy (non-hydrogen) atoms. The maximum atomic E-state index is 13.0. The van der Waals surface area contributed by atoms with Gasteiger partial charge in [-0.1, -0.05) is 18.2 Å². The summed E-state index contributed by atoms with van der Waals surface area (Å²) in [5.74, 6) is 1.33. The molecule has 0 bridgehead atoms. The topological polar surface area (TPSA) is 93.9 Å². The summed E-state index contributed by atoms with van der Waals surface area (Å²) in [6, 6.07) is 14.5. The van der Waals surface area contributed by atoms with Crippen LogP contribution in [0.5, 0.6) is 11.5 Å². The third-order valence-electron chi connectivity index (χ3n) is 4.85. The molecular formula is C23H23N3O5. The van der Waals surface area contributed by atoms with Crippen LogP contribution in [-0.2, 0) is 4.79 Å². The maximum absolute atomic E-state index is 13.0. The molecule has 0 atom stereocenters. The third-order valence-corrected chi connectivity index (χ3v) is 4.85. The fourth-order valence-corrected chi connectivity index (χ4v) is 3.27. The van der Waals surface area contributed by atoms with Gasteiger partial charge < -0.3 is 24.1 Å². The van der Waals surface area contributed by atoms with Crippen LogP contribution in [0, 0.1) is 6.92 Å². The number of oxazole rings is 1. The molecule has 0 saturated carbocycles. The van der Waals surface area contributed by atoms with Crippen LogP contribution in [0.25, 0.3) is 11.5 Å². The monoisotopic (exact) mass is 421 g/mol. The first-order valence-corrected chi connectivity index (χ1v) is 10.1. The molecule has 1 N–H and O–H groups in total. The van der Waals surface area contributed by atoms with Gasteiger partial charge in [-0.25, -0.2) is 4.98 Å². The molecular weight excluding hydrogens is 398 g/mol. The molecule has 2 amide bonds. The average molecular weight is 421 g/mol. The van der Waals surface area contributed by atoms with E-state index in [2.05, 4.69) is 10.3 Å². The molecule has 4 rings (SSSR count). The minimum Gasteiger partial charge on any atom is -0.486 e. The van der Waals surface area contributed by atoms with Gasteiger partial charge in [-0.3, -0.25) is 9.59 Å². The van der Waals surface area contributed by atoms with Gasteiger partial charge in [-0.15, -0.1) is 0 Å². The summed E-state index contributed by atoms with van der Waals surface area (Å²) >= 11 is 0. The number of aromatic nitrogens is 1. The third kappa shape index (κ3) is 4.53. The van der Waals surface area contributed by atoms with Gasteiger partial charge in [0.05, 0.1) is 0 Å². The van der Waals surface area contributed by atoms with Crippen LogP contribution in [0.2, 0.25) is 0 Å². The van der Waals surface area contributed by atoms with Crippen molar-refractivity contribution < 1.29 is 23.5 Å². The number of amides is 2. The van der Waals surface area contributed by atoms with Crippen LogP contribution in [0.4, 0.5) is 5.69 Å². The highest BCUT2D eigenvalue weighted by Gasteiger charge is 2.24. The molecule has 1 aromatic heterocycles. The van der Waals surface area contributed by atoms with Gasteiger partial charge in [0, 0.05) is 23.9 Å². The number of ether oxygens (including phenoxy) is 2. The molecule has 0 unspecified atom stereocenters. The first kappa shape index (κ1) is 20.5. The SMILES string of the molecule is CCN(CC(=O)Nc1ccc2c(c1)OCCO2)C(=O)c1nc(-c2ccccc2)oc1C. The van der Waals surface area contributed by atoms with Crippen molar-refractivity contribution in [3.8, 4) is 23.0 Å². The van der Waals surface area contributed by atoms with E-state index in [0.717, 1.165) is 5.56 Å². The van der Waals surface area contributed by atoms with Crippen molar-refractivity contribution in [3.05, 3.63) is 60.0 Å². The van der Waals surface area contributed by atoms with Crippen LogP contribution < -0.4 is 14.8 Å². The largest absolute Gasteiger partial charge is 0.486 e. The van der Waals surface area contributed by atoms with Gasteiger partial charge in [-0.2, -0.15) is 0 Å².